The van der Waals surface area contributed by atoms with Crippen LogP contribution in [0.1, 0.15) is 17.0 Å². The van der Waals surface area contributed by atoms with Crippen molar-refractivity contribution in [1.29, 1.82) is 0 Å². The molecule has 1 aromatic heterocycles. The first-order valence-electron chi connectivity index (χ1n) is 5.55. The van der Waals surface area contributed by atoms with Gasteiger partial charge in [0.1, 0.15) is 5.76 Å². The fraction of sp³-hybridized carbons (Fsp3) is 0.250. The summed E-state index contributed by atoms with van der Waals surface area (Å²) in [6, 6.07) is 4.60. The lowest BCUT2D eigenvalue weighted by Crippen LogP contribution is -2.23. The Kier molecular flexibility index (Phi) is 3.93. The van der Waals surface area contributed by atoms with Gasteiger partial charge in [-0.15, -0.1) is 0 Å². The summed E-state index contributed by atoms with van der Waals surface area (Å²) in [5.41, 5.74) is 1.48. The highest BCUT2D eigenvalue weighted by Gasteiger charge is 2.16. The minimum Gasteiger partial charge on any atom is -0.447 e. The highest BCUT2D eigenvalue weighted by atomic mass is 35.5. The van der Waals surface area contributed by atoms with Crippen LogP contribution >= 0.6 is 11.6 Å². The van der Waals surface area contributed by atoms with Gasteiger partial charge in [-0.25, -0.2) is 18.1 Å². The zero-order chi connectivity index (χ0) is 14.0. The Hall–Kier alpha value is -1.37. The number of halogens is 1. The number of nitrogens with zero attached hydrogens (tertiary/aromatic N) is 1. The maximum Gasteiger partial charge on any atom is 0.241 e. The van der Waals surface area contributed by atoms with Crippen molar-refractivity contribution >= 4 is 21.6 Å². The van der Waals surface area contributed by atoms with E-state index in [0.717, 1.165) is 5.56 Å². The minimum atomic E-state index is -3.61. The molecule has 19 heavy (non-hydrogen) atoms. The van der Waals surface area contributed by atoms with Crippen molar-refractivity contribution in [1.82, 2.24) is 9.71 Å². The van der Waals surface area contributed by atoms with Crippen LogP contribution in [0.4, 0.5) is 0 Å². The van der Waals surface area contributed by atoms with E-state index in [-0.39, 0.29) is 11.4 Å². The third-order valence-electron chi connectivity index (χ3n) is 2.72. The maximum absolute atomic E-state index is 12.1. The zero-order valence-corrected chi connectivity index (χ0v) is 12.0. The van der Waals surface area contributed by atoms with E-state index in [2.05, 4.69) is 9.71 Å². The molecule has 7 heteroatoms. The first kappa shape index (κ1) is 14.0. The molecular weight excluding hydrogens is 288 g/mol. The molecule has 0 saturated carbocycles. The van der Waals surface area contributed by atoms with Crippen LogP contribution in [0, 0.1) is 13.8 Å². The molecule has 0 aliphatic rings. The molecule has 1 aromatic carbocycles. The quantitative estimate of drug-likeness (QED) is 0.941. The summed E-state index contributed by atoms with van der Waals surface area (Å²) in [4.78, 5) is 4.02. The molecule has 0 fully saturated rings. The number of hydrogen-bond donors (Lipinski definition) is 1. The fourth-order valence-electron chi connectivity index (χ4n) is 1.48. The van der Waals surface area contributed by atoms with Gasteiger partial charge in [0.05, 0.1) is 17.1 Å². The largest absolute Gasteiger partial charge is 0.447 e. The molecule has 0 saturated heterocycles. The summed E-state index contributed by atoms with van der Waals surface area (Å²) in [6.07, 6.45) is 1.28. The Morgan fingerprint density at radius 1 is 1.37 bits per heavy atom. The molecule has 0 unspecified atom stereocenters. The summed E-state index contributed by atoms with van der Waals surface area (Å²) in [7, 11) is -3.61. The number of sulfonamides is 1. The first-order valence-corrected chi connectivity index (χ1v) is 7.41. The van der Waals surface area contributed by atoms with Gasteiger partial charge in [0.25, 0.3) is 0 Å². The molecule has 1 heterocycles. The lowest BCUT2D eigenvalue weighted by atomic mass is 10.2. The number of aryl methyl sites for hydroxylation is 2. The van der Waals surface area contributed by atoms with Crippen molar-refractivity contribution in [2.45, 2.75) is 25.3 Å². The van der Waals surface area contributed by atoms with E-state index in [0.29, 0.717) is 16.5 Å². The standard InChI is InChI=1S/C12H13ClN2O3S/c1-8-3-4-10(5-11(8)13)19(16,17)15-6-12-9(2)14-7-18-12/h3-5,7,15H,6H2,1-2H3. The van der Waals surface area contributed by atoms with Gasteiger partial charge in [0.2, 0.25) is 10.0 Å². The average Bonchev–Trinajstić information content (AvgIpc) is 2.76. The highest BCUT2D eigenvalue weighted by Crippen LogP contribution is 2.20. The molecule has 0 amide bonds. The number of rotatable bonds is 4. The smallest absolute Gasteiger partial charge is 0.241 e. The predicted molar refractivity (Wildman–Crippen MR) is 71.5 cm³/mol. The topological polar surface area (TPSA) is 72.2 Å². The second-order valence-corrected chi connectivity index (χ2v) is 6.27. The SMILES string of the molecule is Cc1ccc(S(=O)(=O)NCc2ocnc2C)cc1Cl. The van der Waals surface area contributed by atoms with Crippen molar-refractivity contribution in [2.24, 2.45) is 0 Å². The summed E-state index contributed by atoms with van der Waals surface area (Å²) in [5, 5.41) is 0.415. The van der Waals surface area contributed by atoms with Crippen molar-refractivity contribution < 1.29 is 12.8 Å². The van der Waals surface area contributed by atoms with Crippen LogP contribution < -0.4 is 4.72 Å². The van der Waals surface area contributed by atoms with Crippen LogP contribution in [0.25, 0.3) is 0 Å². The van der Waals surface area contributed by atoms with E-state index in [1.165, 1.54) is 18.5 Å². The third kappa shape index (κ3) is 3.15. The summed E-state index contributed by atoms with van der Waals surface area (Å²) in [6.45, 7) is 3.61. The molecule has 0 bridgehead atoms. The van der Waals surface area contributed by atoms with Crippen LogP contribution in [0.15, 0.2) is 33.9 Å². The van der Waals surface area contributed by atoms with E-state index in [4.69, 9.17) is 16.0 Å². The second-order valence-electron chi connectivity index (χ2n) is 4.10. The third-order valence-corrected chi connectivity index (χ3v) is 4.53. The van der Waals surface area contributed by atoms with Gasteiger partial charge < -0.3 is 4.42 Å². The number of aromatic nitrogens is 1. The number of benzene rings is 1. The Labute approximate surface area is 116 Å². The fourth-order valence-corrected chi connectivity index (χ4v) is 2.73. The lowest BCUT2D eigenvalue weighted by molar-refractivity contribution is 0.492. The van der Waals surface area contributed by atoms with Gasteiger partial charge in [-0.3, -0.25) is 0 Å². The molecule has 0 radical (unpaired) electrons. The monoisotopic (exact) mass is 300 g/mol. The van der Waals surface area contributed by atoms with Crippen molar-refractivity contribution in [3.8, 4) is 0 Å². The molecule has 0 aliphatic carbocycles. The minimum absolute atomic E-state index is 0.0552. The molecule has 1 N–H and O–H groups in total. The van der Waals surface area contributed by atoms with Gasteiger partial charge >= 0.3 is 0 Å². The van der Waals surface area contributed by atoms with Crippen LogP contribution in [0.2, 0.25) is 5.02 Å². The van der Waals surface area contributed by atoms with Crippen LogP contribution in [0.3, 0.4) is 0 Å². The van der Waals surface area contributed by atoms with Crippen molar-refractivity contribution in [3.05, 3.63) is 46.6 Å². The van der Waals surface area contributed by atoms with Crippen LogP contribution in [-0.2, 0) is 16.6 Å². The number of nitrogens with one attached hydrogen (secondary N) is 1. The first-order chi connectivity index (χ1) is 8.90. The van der Waals surface area contributed by atoms with E-state index in [1.54, 1.807) is 13.0 Å². The highest BCUT2D eigenvalue weighted by molar-refractivity contribution is 7.89. The Morgan fingerprint density at radius 2 is 2.11 bits per heavy atom. The zero-order valence-electron chi connectivity index (χ0n) is 10.5. The molecule has 0 aliphatic heterocycles. The van der Waals surface area contributed by atoms with Gasteiger partial charge in [-0.2, -0.15) is 0 Å². The van der Waals surface area contributed by atoms with E-state index in [1.807, 2.05) is 6.92 Å². The van der Waals surface area contributed by atoms with Crippen molar-refractivity contribution in [2.75, 3.05) is 0 Å². The lowest BCUT2D eigenvalue weighted by Gasteiger charge is -2.07. The second kappa shape index (κ2) is 5.32. The summed E-state index contributed by atoms with van der Waals surface area (Å²) < 4.78 is 31.7. The van der Waals surface area contributed by atoms with E-state index >= 15 is 0 Å². The number of hydrogen-bond acceptors (Lipinski definition) is 4. The summed E-state index contributed by atoms with van der Waals surface area (Å²) >= 11 is 5.92. The molecule has 0 spiro atoms. The van der Waals surface area contributed by atoms with Crippen LogP contribution in [0.5, 0.6) is 0 Å². The maximum atomic E-state index is 12.1. The molecular formula is C12H13ClN2O3S. The van der Waals surface area contributed by atoms with E-state index in [9.17, 15) is 8.42 Å². The summed E-state index contributed by atoms with van der Waals surface area (Å²) in [5.74, 6) is 0.488. The van der Waals surface area contributed by atoms with E-state index < -0.39 is 10.0 Å². The Balaban J connectivity index is 2.18. The normalized spacial score (nSPS) is 11.7. The average molecular weight is 301 g/mol. The van der Waals surface area contributed by atoms with Gasteiger partial charge in [-0.05, 0) is 31.5 Å². The molecule has 5 nitrogen and oxygen atoms in total. The Morgan fingerprint density at radius 3 is 2.68 bits per heavy atom. The molecule has 0 atom stereocenters. The van der Waals surface area contributed by atoms with Crippen molar-refractivity contribution in [3.63, 3.8) is 0 Å². The molecule has 2 aromatic rings. The van der Waals surface area contributed by atoms with Gasteiger partial charge in [0, 0.05) is 5.02 Å². The molecule has 102 valence electrons. The number of oxazole rings is 1. The molecule has 2 rings (SSSR count). The van der Waals surface area contributed by atoms with Gasteiger partial charge in [-0.1, -0.05) is 17.7 Å². The van der Waals surface area contributed by atoms with Crippen LogP contribution in [-0.4, -0.2) is 13.4 Å². The van der Waals surface area contributed by atoms with Gasteiger partial charge in [0.15, 0.2) is 6.39 Å². The predicted octanol–water partition coefficient (Wildman–Crippen LogP) is 2.42. The Bertz CT molecular complexity index is 695.